The van der Waals surface area contributed by atoms with E-state index in [2.05, 4.69) is 20.8 Å². The Balaban J connectivity index is 1.87. The van der Waals surface area contributed by atoms with Crippen molar-refractivity contribution in [3.05, 3.63) is 23.7 Å². The number of hydrogen-bond donors (Lipinski definition) is 3. The molecule has 0 radical (unpaired) electrons. The highest BCUT2D eigenvalue weighted by molar-refractivity contribution is 5.77. The van der Waals surface area contributed by atoms with Gasteiger partial charge in [0.1, 0.15) is 5.76 Å². The third kappa shape index (κ3) is 2.18. The van der Waals surface area contributed by atoms with Gasteiger partial charge in [-0.05, 0) is 41.6 Å². The van der Waals surface area contributed by atoms with Crippen LogP contribution in [0.5, 0.6) is 0 Å². The molecule has 2 saturated carbocycles. The number of carboxylic acids is 1. The lowest BCUT2D eigenvalue weighted by molar-refractivity contribution is -0.218. The lowest BCUT2D eigenvalue weighted by Crippen LogP contribution is -2.65. The highest BCUT2D eigenvalue weighted by Gasteiger charge is 2.64. The van der Waals surface area contributed by atoms with Crippen molar-refractivity contribution in [1.29, 1.82) is 0 Å². The molecule has 0 amide bonds. The molecule has 7 atom stereocenters. The lowest BCUT2D eigenvalue weighted by Gasteiger charge is -2.63. The number of carboxylic acid groups (broad SMARTS) is 1. The van der Waals surface area contributed by atoms with E-state index < -0.39 is 30.0 Å². The van der Waals surface area contributed by atoms with Crippen LogP contribution >= 0.6 is 0 Å². The maximum absolute atomic E-state index is 12.1. The number of hydrogen-bond acceptors (Lipinski definition) is 4. The van der Waals surface area contributed by atoms with Gasteiger partial charge in [0.05, 0.1) is 24.4 Å². The number of aliphatic carboxylic acids is 1. The second-order valence-corrected chi connectivity index (χ2v) is 9.31. The van der Waals surface area contributed by atoms with Crippen molar-refractivity contribution in [3.8, 4) is 0 Å². The Bertz CT molecular complexity index is 692. The minimum atomic E-state index is -1.02. The molecule has 0 bridgehead atoms. The first-order chi connectivity index (χ1) is 11.7. The molecule has 0 unspecified atom stereocenters. The molecule has 0 aromatic carbocycles. The first-order valence-electron chi connectivity index (χ1n) is 9.33. The van der Waals surface area contributed by atoms with Crippen molar-refractivity contribution >= 4 is 5.97 Å². The second-order valence-electron chi connectivity index (χ2n) is 9.31. The van der Waals surface area contributed by atoms with E-state index in [1.54, 1.807) is 12.3 Å². The van der Waals surface area contributed by atoms with Crippen LogP contribution in [0.1, 0.15) is 57.3 Å². The smallest absolute Gasteiger partial charge is 0.311 e. The Hall–Kier alpha value is -1.33. The zero-order valence-corrected chi connectivity index (χ0v) is 15.1. The van der Waals surface area contributed by atoms with Gasteiger partial charge in [-0.25, -0.2) is 0 Å². The van der Waals surface area contributed by atoms with E-state index in [1.807, 2.05) is 0 Å². The fourth-order valence-electron chi connectivity index (χ4n) is 6.80. The summed E-state index contributed by atoms with van der Waals surface area (Å²) in [6, 6.07) is 1.71. The van der Waals surface area contributed by atoms with E-state index in [-0.39, 0.29) is 22.7 Å². The summed E-state index contributed by atoms with van der Waals surface area (Å²) in [5, 5.41) is 31.9. The fourth-order valence-corrected chi connectivity index (χ4v) is 6.80. The quantitative estimate of drug-likeness (QED) is 0.726. The molecular weight excluding hydrogens is 320 g/mol. The largest absolute Gasteiger partial charge is 0.481 e. The maximum Gasteiger partial charge on any atom is 0.311 e. The summed E-state index contributed by atoms with van der Waals surface area (Å²) in [7, 11) is 0. The summed E-state index contributed by atoms with van der Waals surface area (Å²) in [6.45, 7) is 6.53. The molecule has 3 aliphatic rings. The van der Waals surface area contributed by atoms with E-state index >= 15 is 0 Å². The molecule has 1 aromatic heterocycles. The molecule has 3 N–H and O–H groups in total. The highest BCUT2D eigenvalue weighted by Crippen LogP contribution is 2.64. The molecular formula is C20H28O5. The van der Waals surface area contributed by atoms with Gasteiger partial charge in [0.15, 0.2) is 0 Å². The highest BCUT2D eigenvalue weighted by atomic mass is 16.4. The molecule has 0 saturated heterocycles. The third-order valence-electron chi connectivity index (χ3n) is 7.66. The van der Waals surface area contributed by atoms with Crippen LogP contribution in [0.2, 0.25) is 0 Å². The molecule has 138 valence electrons. The Kier molecular flexibility index (Phi) is 3.65. The molecule has 1 heterocycles. The standard InChI is InChI=1S/C20H28O5/c1-19(2)6-4-7-20(3)11-9-12-10(5-8-25-12)13(18(23)24)14(11)15(21)16(22)17(19)20/h5,8,11,13-17,21-22H,4,6-7,9H2,1-3H3,(H,23,24)/t11-,13-,14+,15-,16+,17+,20+/m1/s1. The predicted octanol–water partition coefficient (Wildman–Crippen LogP) is 2.80. The number of furan rings is 1. The second kappa shape index (κ2) is 5.34. The van der Waals surface area contributed by atoms with Crippen molar-refractivity contribution < 1.29 is 24.5 Å². The summed E-state index contributed by atoms with van der Waals surface area (Å²) >= 11 is 0. The van der Waals surface area contributed by atoms with Gasteiger partial charge in [-0.3, -0.25) is 4.79 Å². The maximum atomic E-state index is 12.1. The number of aliphatic hydroxyl groups is 2. The van der Waals surface area contributed by atoms with Crippen LogP contribution in [-0.2, 0) is 11.2 Å². The number of rotatable bonds is 1. The summed E-state index contributed by atoms with van der Waals surface area (Å²) in [4.78, 5) is 12.1. The van der Waals surface area contributed by atoms with Gasteiger partial charge in [-0.2, -0.15) is 0 Å². The normalized spacial score (nSPS) is 45.2. The van der Waals surface area contributed by atoms with Crippen LogP contribution in [0.4, 0.5) is 0 Å². The summed E-state index contributed by atoms with van der Waals surface area (Å²) in [5.41, 5.74) is 0.376. The monoisotopic (exact) mass is 348 g/mol. The predicted molar refractivity (Wildman–Crippen MR) is 91.0 cm³/mol. The average molecular weight is 348 g/mol. The Morgan fingerprint density at radius 3 is 2.60 bits per heavy atom. The zero-order chi connectivity index (χ0) is 18.1. The zero-order valence-electron chi connectivity index (χ0n) is 15.1. The van der Waals surface area contributed by atoms with E-state index in [1.165, 1.54) is 0 Å². The first-order valence-corrected chi connectivity index (χ1v) is 9.33. The topological polar surface area (TPSA) is 90.9 Å². The van der Waals surface area contributed by atoms with E-state index in [4.69, 9.17) is 4.42 Å². The Morgan fingerprint density at radius 1 is 1.20 bits per heavy atom. The van der Waals surface area contributed by atoms with Crippen LogP contribution in [0.3, 0.4) is 0 Å². The van der Waals surface area contributed by atoms with Gasteiger partial charge in [0.2, 0.25) is 0 Å². The minimum Gasteiger partial charge on any atom is -0.481 e. The number of fused-ring (bicyclic) bond motifs is 4. The molecule has 2 fully saturated rings. The van der Waals surface area contributed by atoms with Crippen LogP contribution < -0.4 is 0 Å². The van der Waals surface area contributed by atoms with Crippen LogP contribution in [0, 0.1) is 28.6 Å². The molecule has 5 heteroatoms. The molecule has 5 nitrogen and oxygen atoms in total. The van der Waals surface area contributed by atoms with Crippen LogP contribution in [-0.4, -0.2) is 33.5 Å². The van der Waals surface area contributed by atoms with E-state index in [0.29, 0.717) is 12.0 Å². The number of aliphatic hydroxyl groups excluding tert-OH is 2. The summed E-state index contributed by atoms with van der Waals surface area (Å²) in [5.74, 6) is -1.56. The average Bonchev–Trinajstić information content (AvgIpc) is 2.97. The number of carbonyl (C=O) groups is 1. The molecule has 0 spiro atoms. The van der Waals surface area contributed by atoms with Crippen molar-refractivity contribution in [1.82, 2.24) is 0 Å². The first kappa shape index (κ1) is 17.1. The van der Waals surface area contributed by atoms with Crippen molar-refractivity contribution in [3.63, 3.8) is 0 Å². The molecule has 1 aromatic rings. The van der Waals surface area contributed by atoms with Crippen LogP contribution in [0.25, 0.3) is 0 Å². The van der Waals surface area contributed by atoms with Gasteiger partial charge in [0, 0.05) is 17.9 Å². The Morgan fingerprint density at radius 2 is 1.92 bits per heavy atom. The van der Waals surface area contributed by atoms with Crippen molar-refractivity contribution in [2.75, 3.05) is 0 Å². The fraction of sp³-hybridized carbons (Fsp3) is 0.750. The summed E-state index contributed by atoms with van der Waals surface area (Å²) in [6.07, 6.45) is 3.31. The Labute approximate surface area is 148 Å². The third-order valence-corrected chi connectivity index (χ3v) is 7.66. The van der Waals surface area contributed by atoms with Crippen molar-refractivity contribution in [2.24, 2.45) is 28.6 Å². The van der Waals surface area contributed by atoms with E-state index in [9.17, 15) is 20.1 Å². The summed E-state index contributed by atoms with van der Waals surface area (Å²) < 4.78 is 5.62. The lowest BCUT2D eigenvalue weighted by atomic mass is 9.42. The van der Waals surface area contributed by atoms with Gasteiger partial charge in [-0.15, -0.1) is 0 Å². The van der Waals surface area contributed by atoms with Crippen LogP contribution in [0.15, 0.2) is 16.7 Å². The van der Waals surface area contributed by atoms with Gasteiger partial charge >= 0.3 is 5.97 Å². The molecule has 25 heavy (non-hydrogen) atoms. The van der Waals surface area contributed by atoms with Crippen molar-refractivity contribution in [2.45, 2.75) is 64.6 Å². The molecule has 4 rings (SSSR count). The van der Waals surface area contributed by atoms with Gasteiger partial charge < -0.3 is 19.7 Å². The van der Waals surface area contributed by atoms with E-state index in [0.717, 1.165) is 25.0 Å². The molecule has 0 aliphatic heterocycles. The van der Waals surface area contributed by atoms with Gasteiger partial charge in [0.25, 0.3) is 0 Å². The minimum absolute atomic E-state index is 0.00442. The SMILES string of the molecule is CC1(C)CCC[C@@]2(C)[C@@H]3Cc4occc4[C@@H](C(=O)O)[C@H]3[C@@H](O)[C@H](O)[C@@H]12. The van der Waals surface area contributed by atoms with Gasteiger partial charge in [-0.1, -0.05) is 27.2 Å². The molecule has 3 aliphatic carbocycles.